The van der Waals surface area contributed by atoms with Crippen LogP contribution in [0.15, 0.2) is 42.5 Å². The lowest BCUT2D eigenvalue weighted by Gasteiger charge is -2.26. The molecule has 0 amide bonds. The zero-order valence-corrected chi connectivity index (χ0v) is 14.6. The number of aliphatic hydroxyl groups is 1. The number of hydrogen-bond donors (Lipinski definition) is 1. The number of methoxy groups -OCH3 is 1. The molecule has 25 heavy (non-hydrogen) atoms. The van der Waals surface area contributed by atoms with Gasteiger partial charge in [0.1, 0.15) is 5.75 Å². The lowest BCUT2D eigenvalue weighted by Crippen LogP contribution is -2.38. The Hall–Kier alpha value is -2.66. The molecule has 0 saturated carbocycles. The lowest BCUT2D eigenvalue weighted by atomic mass is 9.88. The smallest absolute Gasteiger partial charge is 0.220 e. The molecule has 0 heterocycles. The molecule has 1 aliphatic carbocycles. The first-order valence-corrected chi connectivity index (χ1v) is 8.33. The van der Waals surface area contributed by atoms with Gasteiger partial charge in [-0.25, -0.2) is 0 Å². The third-order valence-corrected chi connectivity index (χ3v) is 4.78. The number of ether oxygens (including phenoxy) is 1. The van der Waals surface area contributed by atoms with Gasteiger partial charge in [-0.05, 0) is 26.0 Å². The summed E-state index contributed by atoms with van der Waals surface area (Å²) in [7, 11) is 1.46. The molecule has 0 saturated heterocycles. The number of hydrogen-bond acceptors (Lipinski definition) is 5. The number of carbonyl (C=O) groups is 2. The standard InChI is InChI=1S/C20H21NO4/c1-4-21(5-2)13-10-11-16(17(12-13)25-3)20(24)18(22)14-8-6-7-9-15(14)19(20)23/h6-12,24H,4-5H2,1-3H3. The molecule has 0 fully saturated rings. The highest BCUT2D eigenvalue weighted by atomic mass is 16.5. The minimum absolute atomic E-state index is 0.178. The molecule has 0 aromatic heterocycles. The Morgan fingerprint density at radius 3 is 2.04 bits per heavy atom. The maximum Gasteiger partial charge on any atom is 0.220 e. The fourth-order valence-corrected chi connectivity index (χ4v) is 3.38. The topological polar surface area (TPSA) is 66.8 Å². The SMILES string of the molecule is CCN(CC)c1ccc(C2(O)C(=O)c3ccccc3C2=O)c(OC)c1. The molecule has 5 heteroatoms. The van der Waals surface area contributed by atoms with Gasteiger partial charge in [0, 0.05) is 41.5 Å². The monoisotopic (exact) mass is 339 g/mol. The van der Waals surface area contributed by atoms with Gasteiger partial charge < -0.3 is 14.7 Å². The van der Waals surface area contributed by atoms with Crippen LogP contribution < -0.4 is 9.64 Å². The fraction of sp³-hybridized carbons (Fsp3) is 0.300. The van der Waals surface area contributed by atoms with E-state index in [-0.39, 0.29) is 16.7 Å². The minimum atomic E-state index is -2.24. The maximum absolute atomic E-state index is 12.8. The molecule has 0 unspecified atom stereocenters. The van der Waals surface area contributed by atoms with Crippen LogP contribution in [0.2, 0.25) is 0 Å². The molecule has 0 spiro atoms. The number of benzene rings is 2. The van der Waals surface area contributed by atoms with E-state index in [2.05, 4.69) is 4.90 Å². The second-order valence-electron chi connectivity index (χ2n) is 5.97. The summed E-state index contributed by atoms with van der Waals surface area (Å²) >= 11 is 0. The summed E-state index contributed by atoms with van der Waals surface area (Å²) in [4.78, 5) is 27.7. The van der Waals surface area contributed by atoms with E-state index in [0.717, 1.165) is 18.8 Å². The average Bonchev–Trinajstić information content (AvgIpc) is 2.85. The van der Waals surface area contributed by atoms with Gasteiger partial charge >= 0.3 is 0 Å². The van der Waals surface area contributed by atoms with Crippen molar-refractivity contribution in [2.75, 3.05) is 25.1 Å². The van der Waals surface area contributed by atoms with Gasteiger partial charge in [0.15, 0.2) is 0 Å². The van der Waals surface area contributed by atoms with Gasteiger partial charge in [-0.2, -0.15) is 0 Å². The van der Waals surface area contributed by atoms with Crippen LogP contribution >= 0.6 is 0 Å². The number of anilines is 1. The zero-order valence-electron chi connectivity index (χ0n) is 14.6. The van der Waals surface area contributed by atoms with Crippen LogP contribution in [0.4, 0.5) is 5.69 Å². The van der Waals surface area contributed by atoms with E-state index in [1.807, 2.05) is 13.8 Å². The molecule has 0 bridgehead atoms. The largest absolute Gasteiger partial charge is 0.496 e. The molecule has 1 aliphatic rings. The summed E-state index contributed by atoms with van der Waals surface area (Å²) in [6.45, 7) is 5.70. The van der Waals surface area contributed by atoms with Crippen LogP contribution in [0.5, 0.6) is 5.75 Å². The first-order chi connectivity index (χ1) is 12.0. The number of Topliss-reactive ketones (excluding diaryl/α,β-unsaturated/α-hetero) is 2. The van der Waals surface area contributed by atoms with Crippen molar-refractivity contribution in [3.63, 3.8) is 0 Å². The Morgan fingerprint density at radius 2 is 1.56 bits per heavy atom. The molecule has 2 aromatic carbocycles. The van der Waals surface area contributed by atoms with Crippen LogP contribution in [0.1, 0.15) is 40.1 Å². The van der Waals surface area contributed by atoms with E-state index in [9.17, 15) is 14.7 Å². The number of carbonyl (C=O) groups excluding carboxylic acids is 2. The number of fused-ring (bicyclic) bond motifs is 1. The van der Waals surface area contributed by atoms with Crippen LogP contribution in [0.25, 0.3) is 0 Å². The summed E-state index contributed by atoms with van der Waals surface area (Å²) in [5, 5.41) is 11.1. The predicted octanol–water partition coefficient (Wildman–Crippen LogP) is 2.81. The van der Waals surface area contributed by atoms with Crippen molar-refractivity contribution in [3.05, 3.63) is 59.2 Å². The summed E-state index contributed by atoms with van der Waals surface area (Å²) < 4.78 is 5.41. The van der Waals surface area contributed by atoms with Crippen LogP contribution in [0, 0.1) is 0 Å². The van der Waals surface area contributed by atoms with Gasteiger partial charge in [0.2, 0.25) is 17.2 Å². The number of nitrogens with zero attached hydrogens (tertiary/aromatic N) is 1. The van der Waals surface area contributed by atoms with Crippen molar-refractivity contribution in [1.82, 2.24) is 0 Å². The summed E-state index contributed by atoms with van der Waals surface area (Å²) in [6, 6.07) is 11.6. The highest BCUT2D eigenvalue weighted by Gasteiger charge is 2.54. The summed E-state index contributed by atoms with van der Waals surface area (Å²) in [5.74, 6) is -0.898. The first-order valence-electron chi connectivity index (χ1n) is 8.33. The van der Waals surface area contributed by atoms with Crippen LogP contribution in [-0.2, 0) is 5.60 Å². The molecule has 0 aliphatic heterocycles. The van der Waals surface area contributed by atoms with Gasteiger partial charge in [-0.15, -0.1) is 0 Å². The second kappa shape index (κ2) is 6.33. The Kier molecular flexibility index (Phi) is 4.35. The van der Waals surface area contributed by atoms with Crippen molar-refractivity contribution in [3.8, 4) is 5.75 Å². The predicted molar refractivity (Wildman–Crippen MR) is 95.6 cm³/mol. The number of rotatable bonds is 5. The van der Waals surface area contributed by atoms with Crippen molar-refractivity contribution >= 4 is 17.3 Å². The molecule has 0 radical (unpaired) electrons. The molecule has 2 aromatic rings. The van der Waals surface area contributed by atoms with E-state index in [1.54, 1.807) is 42.5 Å². The van der Waals surface area contributed by atoms with Gasteiger partial charge in [0.25, 0.3) is 0 Å². The Balaban J connectivity index is 2.13. The highest BCUT2D eigenvalue weighted by Crippen LogP contribution is 2.42. The molecular weight excluding hydrogens is 318 g/mol. The lowest BCUT2D eigenvalue weighted by molar-refractivity contribution is 0.0313. The zero-order chi connectivity index (χ0) is 18.2. The van der Waals surface area contributed by atoms with E-state index >= 15 is 0 Å². The minimum Gasteiger partial charge on any atom is -0.496 e. The van der Waals surface area contributed by atoms with Crippen molar-refractivity contribution in [2.24, 2.45) is 0 Å². The normalized spacial score (nSPS) is 15.2. The van der Waals surface area contributed by atoms with Gasteiger partial charge in [0.05, 0.1) is 7.11 Å². The van der Waals surface area contributed by atoms with E-state index < -0.39 is 17.2 Å². The van der Waals surface area contributed by atoms with Crippen LogP contribution in [0.3, 0.4) is 0 Å². The molecule has 1 N–H and O–H groups in total. The number of ketones is 2. The van der Waals surface area contributed by atoms with E-state index in [1.165, 1.54) is 7.11 Å². The maximum atomic E-state index is 12.8. The van der Waals surface area contributed by atoms with Crippen molar-refractivity contribution in [1.29, 1.82) is 0 Å². The first kappa shape index (κ1) is 17.2. The van der Waals surface area contributed by atoms with E-state index in [4.69, 9.17) is 4.74 Å². The third kappa shape index (κ3) is 2.43. The van der Waals surface area contributed by atoms with E-state index in [0.29, 0.717) is 5.75 Å². The Labute approximate surface area is 146 Å². The van der Waals surface area contributed by atoms with Gasteiger partial charge in [-0.1, -0.05) is 24.3 Å². The molecule has 3 rings (SSSR count). The molecule has 130 valence electrons. The highest BCUT2D eigenvalue weighted by molar-refractivity contribution is 6.32. The molecule has 0 atom stereocenters. The summed E-state index contributed by atoms with van der Waals surface area (Å²) in [6.07, 6.45) is 0. The van der Waals surface area contributed by atoms with Gasteiger partial charge in [-0.3, -0.25) is 9.59 Å². The quantitative estimate of drug-likeness (QED) is 0.849. The molecule has 5 nitrogen and oxygen atoms in total. The van der Waals surface area contributed by atoms with Crippen molar-refractivity contribution in [2.45, 2.75) is 19.4 Å². The Morgan fingerprint density at radius 1 is 1.00 bits per heavy atom. The molecular formula is C20H21NO4. The average molecular weight is 339 g/mol. The second-order valence-corrected chi connectivity index (χ2v) is 5.97. The fourth-order valence-electron chi connectivity index (χ4n) is 3.38. The third-order valence-electron chi connectivity index (χ3n) is 4.78. The summed E-state index contributed by atoms with van der Waals surface area (Å²) in [5.41, 5.74) is -0.673. The van der Waals surface area contributed by atoms with Crippen LogP contribution in [-0.4, -0.2) is 36.9 Å². The Bertz CT molecular complexity index is 804. The van der Waals surface area contributed by atoms with Crippen molar-refractivity contribution < 1.29 is 19.4 Å².